The molecular weight excluding hydrogens is 465 g/mol. The van der Waals surface area contributed by atoms with Crippen molar-refractivity contribution in [3.05, 3.63) is 64.4 Å². The van der Waals surface area contributed by atoms with Crippen LogP contribution in [-0.4, -0.2) is 44.6 Å². The number of amides is 1. The Morgan fingerprint density at radius 1 is 1.15 bits per heavy atom. The first-order valence-electron chi connectivity index (χ1n) is 11.2. The monoisotopic (exact) mass is 495 g/mol. The van der Waals surface area contributed by atoms with Crippen LogP contribution in [0.3, 0.4) is 0 Å². The highest BCUT2D eigenvalue weighted by Crippen LogP contribution is 2.27. The van der Waals surface area contributed by atoms with Gasteiger partial charge < -0.3 is 5.32 Å². The molecule has 180 valence electrons. The van der Waals surface area contributed by atoms with Gasteiger partial charge in [0.2, 0.25) is 15.9 Å². The van der Waals surface area contributed by atoms with Gasteiger partial charge in [-0.2, -0.15) is 0 Å². The summed E-state index contributed by atoms with van der Waals surface area (Å²) in [6, 6.07) is 10.6. The molecule has 2 aromatic rings. The number of likely N-dealkylation sites (tertiary alicyclic amines) is 1. The smallest absolute Gasteiger partial charge is 0.244 e. The van der Waals surface area contributed by atoms with Gasteiger partial charge in [-0.3, -0.25) is 14.0 Å². The Hall–Kier alpha value is -2.16. The summed E-state index contributed by atoms with van der Waals surface area (Å²) in [6.07, 6.45) is 4.93. The molecular formula is C24H31ClFN3O3S. The molecule has 1 saturated heterocycles. The van der Waals surface area contributed by atoms with E-state index in [2.05, 4.69) is 16.3 Å². The van der Waals surface area contributed by atoms with Crippen LogP contribution in [0.5, 0.6) is 0 Å². The summed E-state index contributed by atoms with van der Waals surface area (Å²) in [6.45, 7) is 5.00. The minimum absolute atomic E-state index is 0.149. The van der Waals surface area contributed by atoms with Crippen LogP contribution in [-0.2, 0) is 27.9 Å². The fourth-order valence-corrected chi connectivity index (χ4v) is 5.60. The number of rotatable bonds is 9. The number of nitrogens with one attached hydrogen (secondary N) is 1. The molecule has 3 rings (SSSR count). The van der Waals surface area contributed by atoms with Crippen LogP contribution in [0.25, 0.3) is 0 Å². The Bertz CT molecular complexity index is 1070. The minimum atomic E-state index is -3.83. The summed E-state index contributed by atoms with van der Waals surface area (Å²) in [4.78, 5) is 15.5. The number of benzene rings is 2. The van der Waals surface area contributed by atoms with E-state index in [0.29, 0.717) is 6.54 Å². The molecule has 33 heavy (non-hydrogen) atoms. The van der Waals surface area contributed by atoms with E-state index in [0.717, 1.165) is 47.4 Å². The Labute approximate surface area is 200 Å². The molecule has 0 radical (unpaired) electrons. The largest absolute Gasteiger partial charge is 0.350 e. The summed E-state index contributed by atoms with van der Waals surface area (Å²) >= 11 is 5.87. The van der Waals surface area contributed by atoms with E-state index >= 15 is 0 Å². The second-order valence-electron chi connectivity index (χ2n) is 8.40. The Morgan fingerprint density at radius 3 is 2.42 bits per heavy atom. The third-order valence-corrected chi connectivity index (χ3v) is 7.37. The third-order valence-electron chi connectivity index (χ3n) is 5.90. The van der Waals surface area contributed by atoms with Crippen LogP contribution in [0.4, 0.5) is 10.1 Å². The standard InChI is InChI=1S/C24H31ClFN3O3S/c1-3-23(29(33(2,31)32)20-11-12-22(26)21(25)15-20)24(30)27-16-18-9-5-6-10-19(18)17-28-13-7-4-8-14-28/h5-6,9-12,15,23H,3-4,7-8,13-14,16-17H2,1-2H3,(H,27,30)/t23-/m1/s1. The maximum absolute atomic E-state index is 13.6. The summed E-state index contributed by atoms with van der Waals surface area (Å²) in [5, 5.41) is 2.70. The molecule has 6 nitrogen and oxygen atoms in total. The van der Waals surface area contributed by atoms with Crippen molar-refractivity contribution in [2.75, 3.05) is 23.7 Å². The average Bonchev–Trinajstić information content (AvgIpc) is 2.78. The fourth-order valence-electron chi connectivity index (χ4n) is 4.23. The Morgan fingerprint density at radius 2 is 1.82 bits per heavy atom. The number of hydrogen-bond donors (Lipinski definition) is 1. The van der Waals surface area contributed by atoms with E-state index in [1.54, 1.807) is 6.92 Å². The molecule has 2 aromatic carbocycles. The molecule has 0 bridgehead atoms. The summed E-state index contributed by atoms with van der Waals surface area (Å²) in [5.41, 5.74) is 2.30. The molecule has 9 heteroatoms. The van der Waals surface area contributed by atoms with Crippen LogP contribution < -0.4 is 9.62 Å². The highest BCUT2D eigenvalue weighted by Gasteiger charge is 2.32. The van der Waals surface area contributed by atoms with E-state index in [9.17, 15) is 17.6 Å². The fraction of sp³-hybridized carbons (Fsp3) is 0.458. The lowest BCUT2D eigenvalue weighted by molar-refractivity contribution is -0.122. The van der Waals surface area contributed by atoms with Gasteiger partial charge in [-0.15, -0.1) is 0 Å². The number of anilines is 1. The first kappa shape index (κ1) is 25.5. The van der Waals surface area contributed by atoms with Crippen LogP contribution in [0, 0.1) is 5.82 Å². The Balaban J connectivity index is 1.77. The van der Waals surface area contributed by atoms with Crippen molar-refractivity contribution in [2.24, 2.45) is 0 Å². The van der Waals surface area contributed by atoms with Crippen molar-refractivity contribution < 1.29 is 17.6 Å². The third kappa shape index (κ3) is 6.68. The maximum atomic E-state index is 13.6. The molecule has 1 aliphatic heterocycles. The van der Waals surface area contributed by atoms with E-state index in [4.69, 9.17) is 11.6 Å². The van der Waals surface area contributed by atoms with Crippen molar-refractivity contribution >= 4 is 33.2 Å². The lowest BCUT2D eigenvalue weighted by Crippen LogP contribution is -2.49. The van der Waals surface area contributed by atoms with Crippen LogP contribution in [0.2, 0.25) is 5.02 Å². The van der Waals surface area contributed by atoms with E-state index in [-0.39, 0.29) is 17.1 Å². The van der Waals surface area contributed by atoms with Crippen molar-refractivity contribution in [1.82, 2.24) is 10.2 Å². The van der Waals surface area contributed by atoms with Gasteiger partial charge in [0.25, 0.3) is 0 Å². The highest BCUT2D eigenvalue weighted by atomic mass is 35.5. The van der Waals surface area contributed by atoms with Crippen molar-refractivity contribution in [1.29, 1.82) is 0 Å². The first-order chi connectivity index (χ1) is 15.7. The number of nitrogens with zero attached hydrogens (tertiary/aromatic N) is 2. The molecule has 0 aliphatic carbocycles. The van der Waals surface area contributed by atoms with Gasteiger partial charge in [0.15, 0.2) is 0 Å². The second-order valence-corrected chi connectivity index (χ2v) is 10.7. The SMILES string of the molecule is CC[C@H](C(=O)NCc1ccccc1CN1CCCCC1)N(c1ccc(F)c(Cl)c1)S(C)(=O)=O. The summed E-state index contributed by atoms with van der Waals surface area (Å²) in [5.74, 6) is -1.08. The molecule has 0 unspecified atom stereocenters. The number of piperidine rings is 1. The average molecular weight is 496 g/mol. The first-order valence-corrected chi connectivity index (χ1v) is 13.4. The molecule has 0 aromatic heterocycles. The number of carbonyl (C=O) groups excluding carboxylic acids is 1. The number of halogens is 2. The number of carbonyl (C=O) groups is 1. The lowest BCUT2D eigenvalue weighted by Gasteiger charge is -2.30. The molecule has 1 amide bonds. The highest BCUT2D eigenvalue weighted by molar-refractivity contribution is 7.92. The van der Waals surface area contributed by atoms with E-state index in [1.807, 2.05) is 18.2 Å². The zero-order valence-electron chi connectivity index (χ0n) is 19.1. The topological polar surface area (TPSA) is 69.7 Å². The van der Waals surface area contributed by atoms with Crippen molar-refractivity contribution in [2.45, 2.75) is 51.7 Å². The van der Waals surface area contributed by atoms with Crippen LogP contribution in [0.1, 0.15) is 43.7 Å². The lowest BCUT2D eigenvalue weighted by atomic mass is 10.0. The maximum Gasteiger partial charge on any atom is 0.244 e. The molecule has 1 heterocycles. The van der Waals surface area contributed by atoms with Crippen LogP contribution >= 0.6 is 11.6 Å². The number of hydrogen-bond acceptors (Lipinski definition) is 4. The molecule has 1 fully saturated rings. The molecule has 0 spiro atoms. The predicted molar refractivity (Wildman–Crippen MR) is 130 cm³/mol. The van der Waals surface area contributed by atoms with Gasteiger partial charge in [0.1, 0.15) is 11.9 Å². The molecule has 1 atom stereocenters. The van der Waals surface area contributed by atoms with Gasteiger partial charge in [-0.05, 0) is 61.7 Å². The van der Waals surface area contributed by atoms with Crippen molar-refractivity contribution in [3.8, 4) is 0 Å². The summed E-state index contributed by atoms with van der Waals surface area (Å²) < 4.78 is 39.8. The number of sulfonamides is 1. The molecule has 1 aliphatic rings. The van der Waals surface area contributed by atoms with Crippen LogP contribution in [0.15, 0.2) is 42.5 Å². The van der Waals surface area contributed by atoms with Crippen molar-refractivity contribution in [3.63, 3.8) is 0 Å². The molecule has 1 N–H and O–H groups in total. The predicted octanol–water partition coefficient (Wildman–Crippen LogP) is 4.33. The zero-order valence-corrected chi connectivity index (χ0v) is 20.6. The van der Waals surface area contributed by atoms with E-state index in [1.165, 1.54) is 31.4 Å². The zero-order chi connectivity index (χ0) is 24.0. The normalized spacial score (nSPS) is 15.8. The van der Waals surface area contributed by atoms with Gasteiger partial charge in [-0.25, -0.2) is 12.8 Å². The van der Waals surface area contributed by atoms with Gasteiger partial charge in [0, 0.05) is 13.1 Å². The molecule has 0 saturated carbocycles. The Kier molecular flexibility index (Phi) is 8.73. The second kappa shape index (κ2) is 11.3. The van der Waals surface area contributed by atoms with E-state index < -0.39 is 27.8 Å². The van der Waals surface area contributed by atoms with Gasteiger partial charge >= 0.3 is 0 Å². The summed E-state index contributed by atoms with van der Waals surface area (Å²) in [7, 11) is -3.83. The minimum Gasteiger partial charge on any atom is -0.350 e. The quantitative estimate of drug-likeness (QED) is 0.562. The van der Waals surface area contributed by atoms with Gasteiger partial charge in [0.05, 0.1) is 17.0 Å². The van der Waals surface area contributed by atoms with Gasteiger partial charge in [-0.1, -0.05) is 49.2 Å².